The van der Waals surface area contributed by atoms with Crippen LogP contribution in [0, 0.1) is 6.07 Å². The normalized spacial score (nSPS) is 10.5. The second-order valence-electron chi connectivity index (χ2n) is 4.24. The van der Waals surface area contributed by atoms with Gasteiger partial charge >= 0.3 is 0 Å². The van der Waals surface area contributed by atoms with Crippen LogP contribution in [0.2, 0.25) is 0 Å². The lowest BCUT2D eigenvalue weighted by Crippen LogP contribution is -2.22. The highest BCUT2D eigenvalue weighted by atomic mass is 16.3. The maximum Gasteiger partial charge on any atom is 0.287 e. The van der Waals surface area contributed by atoms with Crippen LogP contribution in [0.5, 0.6) is 0 Å². The number of hydrogen-bond donors (Lipinski definition) is 1. The molecule has 0 fully saturated rings. The molecule has 0 aliphatic rings. The van der Waals surface area contributed by atoms with Crippen LogP contribution in [-0.2, 0) is 6.54 Å². The fourth-order valence-corrected chi connectivity index (χ4v) is 1.90. The largest absolute Gasteiger partial charge is 0.451 e. The van der Waals surface area contributed by atoms with E-state index in [1.165, 1.54) is 0 Å². The smallest absolute Gasteiger partial charge is 0.287 e. The van der Waals surface area contributed by atoms with Gasteiger partial charge in [-0.15, -0.1) is 0 Å². The molecule has 0 unspecified atom stereocenters. The van der Waals surface area contributed by atoms with Crippen molar-refractivity contribution >= 4 is 16.9 Å². The van der Waals surface area contributed by atoms with Gasteiger partial charge in [-0.1, -0.05) is 42.5 Å². The van der Waals surface area contributed by atoms with Crippen LogP contribution >= 0.6 is 0 Å². The van der Waals surface area contributed by atoms with E-state index in [4.69, 9.17) is 4.42 Å². The van der Waals surface area contributed by atoms with Crippen LogP contribution in [-0.4, -0.2) is 5.91 Å². The summed E-state index contributed by atoms with van der Waals surface area (Å²) in [5.74, 6) is 0.132. The van der Waals surface area contributed by atoms with E-state index in [0.717, 1.165) is 16.5 Å². The molecule has 0 aliphatic heterocycles. The monoisotopic (exact) mass is 250 g/mol. The molecule has 0 saturated carbocycles. The van der Waals surface area contributed by atoms with Gasteiger partial charge in [0.2, 0.25) is 0 Å². The SMILES string of the molecule is O=C(NCc1cc[c]cc1)c1cc2ccccc2o1. The molecule has 0 saturated heterocycles. The van der Waals surface area contributed by atoms with Crippen molar-refractivity contribution in [3.8, 4) is 0 Å². The van der Waals surface area contributed by atoms with Gasteiger partial charge in [-0.3, -0.25) is 4.79 Å². The van der Waals surface area contributed by atoms with Gasteiger partial charge in [-0.2, -0.15) is 0 Å². The van der Waals surface area contributed by atoms with Crippen molar-refractivity contribution in [2.24, 2.45) is 0 Å². The summed E-state index contributed by atoms with van der Waals surface area (Å²) in [5.41, 5.74) is 1.75. The summed E-state index contributed by atoms with van der Waals surface area (Å²) in [5, 5.41) is 3.76. The molecular weight excluding hydrogens is 238 g/mol. The van der Waals surface area contributed by atoms with Crippen LogP contribution in [0.15, 0.2) is 59.0 Å². The van der Waals surface area contributed by atoms with E-state index >= 15 is 0 Å². The van der Waals surface area contributed by atoms with Crippen LogP contribution < -0.4 is 5.32 Å². The summed E-state index contributed by atoms with van der Waals surface area (Å²) >= 11 is 0. The first kappa shape index (κ1) is 11.5. The number of carbonyl (C=O) groups excluding carboxylic acids is 1. The molecule has 3 nitrogen and oxygen atoms in total. The van der Waals surface area contributed by atoms with Crippen LogP contribution in [0.25, 0.3) is 11.0 Å². The lowest BCUT2D eigenvalue weighted by atomic mass is 10.2. The molecule has 3 aromatic rings. The van der Waals surface area contributed by atoms with Crippen LogP contribution in [0.3, 0.4) is 0 Å². The minimum Gasteiger partial charge on any atom is -0.451 e. The Hall–Kier alpha value is -2.55. The van der Waals surface area contributed by atoms with Crippen molar-refractivity contribution in [3.05, 3.63) is 72.0 Å². The van der Waals surface area contributed by atoms with E-state index in [-0.39, 0.29) is 5.91 Å². The van der Waals surface area contributed by atoms with E-state index in [9.17, 15) is 4.79 Å². The molecule has 1 N–H and O–H groups in total. The highest BCUT2D eigenvalue weighted by Crippen LogP contribution is 2.18. The van der Waals surface area contributed by atoms with Gasteiger partial charge in [0, 0.05) is 11.9 Å². The van der Waals surface area contributed by atoms with Gasteiger partial charge in [0.25, 0.3) is 5.91 Å². The van der Waals surface area contributed by atoms with Crippen LogP contribution in [0.1, 0.15) is 16.1 Å². The van der Waals surface area contributed by atoms with E-state index in [1.807, 2.05) is 48.5 Å². The number of hydrogen-bond acceptors (Lipinski definition) is 2. The third-order valence-electron chi connectivity index (χ3n) is 2.89. The predicted octanol–water partition coefficient (Wildman–Crippen LogP) is 3.16. The molecule has 19 heavy (non-hydrogen) atoms. The number of furan rings is 1. The zero-order valence-corrected chi connectivity index (χ0v) is 10.2. The van der Waals surface area contributed by atoms with Crippen molar-refractivity contribution in [3.63, 3.8) is 0 Å². The molecule has 1 heterocycles. The summed E-state index contributed by atoms with van der Waals surface area (Å²) in [6, 6.07) is 19.7. The van der Waals surface area contributed by atoms with E-state index in [0.29, 0.717) is 12.3 Å². The minimum atomic E-state index is -0.205. The Morgan fingerprint density at radius 3 is 2.74 bits per heavy atom. The number of amides is 1. The van der Waals surface area contributed by atoms with Gasteiger partial charge in [-0.25, -0.2) is 0 Å². The Bertz CT molecular complexity index is 668. The quantitative estimate of drug-likeness (QED) is 0.775. The number of para-hydroxylation sites is 1. The molecule has 2 aromatic carbocycles. The standard InChI is InChI=1S/C16H12NO2/c18-16(17-11-12-6-2-1-3-7-12)15-10-13-8-4-5-9-14(13)19-15/h2-10H,11H2,(H,17,18). The predicted molar refractivity (Wildman–Crippen MR) is 72.7 cm³/mol. The zero-order valence-electron chi connectivity index (χ0n) is 10.2. The summed E-state index contributed by atoms with van der Waals surface area (Å²) in [6.07, 6.45) is 0. The topological polar surface area (TPSA) is 42.2 Å². The Morgan fingerprint density at radius 1 is 1.16 bits per heavy atom. The van der Waals surface area contributed by atoms with Crippen molar-refractivity contribution in [1.29, 1.82) is 0 Å². The molecule has 1 amide bonds. The third-order valence-corrected chi connectivity index (χ3v) is 2.89. The first-order chi connectivity index (χ1) is 9.33. The Kier molecular flexibility index (Phi) is 3.02. The lowest BCUT2D eigenvalue weighted by molar-refractivity contribution is 0.0925. The number of carbonyl (C=O) groups is 1. The van der Waals surface area contributed by atoms with Crippen LogP contribution in [0.4, 0.5) is 0 Å². The average molecular weight is 250 g/mol. The second kappa shape index (κ2) is 4.98. The molecule has 3 heteroatoms. The molecule has 0 bridgehead atoms. The number of nitrogens with one attached hydrogen (secondary N) is 1. The molecule has 93 valence electrons. The molecule has 3 rings (SSSR count). The highest BCUT2D eigenvalue weighted by Gasteiger charge is 2.11. The Morgan fingerprint density at radius 2 is 1.95 bits per heavy atom. The Labute approximate surface area is 110 Å². The maximum atomic E-state index is 12.0. The summed E-state index contributed by atoms with van der Waals surface area (Å²) < 4.78 is 5.50. The average Bonchev–Trinajstić information content (AvgIpc) is 2.90. The molecule has 0 aliphatic carbocycles. The number of fused-ring (bicyclic) bond motifs is 1. The van der Waals surface area contributed by atoms with Gasteiger partial charge < -0.3 is 9.73 Å². The molecule has 0 spiro atoms. The minimum absolute atomic E-state index is 0.205. The third kappa shape index (κ3) is 2.50. The van der Waals surface area contributed by atoms with E-state index in [1.54, 1.807) is 6.07 Å². The number of rotatable bonds is 3. The van der Waals surface area contributed by atoms with E-state index < -0.39 is 0 Å². The fraction of sp³-hybridized carbons (Fsp3) is 0.0625. The first-order valence-corrected chi connectivity index (χ1v) is 6.05. The summed E-state index contributed by atoms with van der Waals surface area (Å²) in [6.45, 7) is 0.477. The highest BCUT2D eigenvalue weighted by molar-refractivity contribution is 5.95. The molecule has 1 aromatic heterocycles. The van der Waals surface area contributed by atoms with Crippen molar-refractivity contribution in [1.82, 2.24) is 5.32 Å². The second-order valence-corrected chi connectivity index (χ2v) is 4.24. The van der Waals surface area contributed by atoms with E-state index in [2.05, 4.69) is 11.4 Å². The van der Waals surface area contributed by atoms with Gasteiger partial charge in [0.1, 0.15) is 5.58 Å². The molecule has 1 radical (unpaired) electrons. The maximum absolute atomic E-state index is 12.0. The van der Waals surface area contributed by atoms with Crippen molar-refractivity contribution < 1.29 is 9.21 Å². The van der Waals surface area contributed by atoms with Gasteiger partial charge in [0.15, 0.2) is 5.76 Å². The van der Waals surface area contributed by atoms with Gasteiger partial charge in [0.05, 0.1) is 0 Å². The lowest BCUT2D eigenvalue weighted by Gasteiger charge is -2.02. The fourth-order valence-electron chi connectivity index (χ4n) is 1.90. The van der Waals surface area contributed by atoms with Gasteiger partial charge in [-0.05, 0) is 23.8 Å². The summed E-state index contributed by atoms with van der Waals surface area (Å²) in [7, 11) is 0. The Balaban J connectivity index is 1.73. The first-order valence-electron chi connectivity index (χ1n) is 6.05. The van der Waals surface area contributed by atoms with Crippen molar-refractivity contribution in [2.75, 3.05) is 0 Å². The summed E-state index contributed by atoms with van der Waals surface area (Å²) in [4.78, 5) is 12.0. The van der Waals surface area contributed by atoms with Crippen molar-refractivity contribution in [2.45, 2.75) is 6.54 Å². The molecular formula is C16H12NO2. The zero-order chi connectivity index (χ0) is 13.1. The molecule has 0 atom stereocenters. The number of benzene rings is 2.